The van der Waals surface area contributed by atoms with E-state index in [4.69, 9.17) is 17.3 Å². The summed E-state index contributed by atoms with van der Waals surface area (Å²) >= 11 is 8.07. The van der Waals surface area contributed by atoms with Crippen molar-refractivity contribution in [3.8, 4) is 0 Å². The van der Waals surface area contributed by atoms with Crippen molar-refractivity contribution < 1.29 is 8.42 Å². The van der Waals surface area contributed by atoms with Crippen LogP contribution in [-0.4, -0.2) is 13.4 Å². The predicted molar refractivity (Wildman–Crippen MR) is 83.6 cm³/mol. The third kappa shape index (κ3) is 3.48. The quantitative estimate of drug-likeness (QED) is 0.763. The largest absolute Gasteiger partial charge is 0.384 e. The molecule has 0 saturated carbocycles. The first-order chi connectivity index (χ1) is 8.88. The summed E-state index contributed by atoms with van der Waals surface area (Å²) in [6, 6.07) is 7.83. The Morgan fingerprint density at radius 2 is 2.00 bits per heavy atom. The van der Waals surface area contributed by atoms with Crippen molar-refractivity contribution in [2.45, 2.75) is 4.90 Å². The topological polar surface area (TPSA) is 85.1 Å². The molecule has 0 spiro atoms. The molecule has 0 fully saturated rings. The molecule has 0 amide bonds. The zero-order valence-electron chi connectivity index (χ0n) is 9.47. The van der Waals surface area contributed by atoms with Crippen LogP contribution >= 0.6 is 34.2 Å². The number of nitrogens with two attached hydrogens (primary N) is 1. The van der Waals surface area contributed by atoms with Gasteiger partial charge in [0.05, 0.1) is 10.7 Å². The van der Waals surface area contributed by atoms with E-state index in [1.807, 2.05) is 0 Å². The molecule has 0 atom stereocenters. The number of anilines is 2. The Labute approximate surface area is 129 Å². The first-order valence-electron chi connectivity index (χ1n) is 5.08. The molecule has 2 rings (SSSR count). The van der Waals surface area contributed by atoms with Crippen molar-refractivity contribution in [3.05, 3.63) is 45.1 Å². The number of nitrogens with one attached hydrogen (secondary N) is 1. The number of halogens is 2. The summed E-state index contributed by atoms with van der Waals surface area (Å²) in [5.74, 6) is 0.256. The second kappa shape index (κ2) is 5.51. The Morgan fingerprint density at radius 1 is 1.26 bits per heavy atom. The van der Waals surface area contributed by atoms with Gasteiger partial charge in [0, 0.05) is 9.77 Å². The summed E-state index contributed by atoms with van der Waals surface area (Å²) in [5.41, 5.74) is 5.73. The smallest absolute Gasteiger partial charge is 0.263 e. The van der Waals surface area contributed by atoms with Gasteiger partial charge in [-0.25, -0.2) is 13.4 Å². The molecule has 0 bridgehead atoms. The number of hydrogen-bond acceptors (Lipinski definition) is 4. The summed E-state index contributed by atoms with van der Waals surface area (Å²) in [6.45, 7) is 0. The van der Waals surface area contributed by atoms with Crippen LogP contribution in [0.5, 0.6) is 0 Å². The molecule has 1 aromatic heterocycles. The van der Waals surface area contributed by atoms with Gasteiger partial charge in [-0.3, -0.25) is 4.72 Å². The van der Waals surface area contributed by atoms with Gasteiger partial charge in [0.1, 0.15) is 10.7 Å². The van der Waals surface area contributed by atoms with Gasteiger partial charge < -0.3 is 5.73 Å². The number of hydrogen-bond donors (Lipinski definition) is 2. The van der Waals surface area contributed by atoms with Gasteiger partial charge in [-0.2, -0.15) is 0 Å². The molecule has 2 aromatic rings. The third-order valence-electron chi connectivity index (χ3n) is 2.24. The van der Waals surface area contributed by atoms with Crippen LogP contribution < -0.4 is 10.5 Å². The zero-order valence-corrected chi connectivity index (χ0v) is 13.2. The predicted octanol–water partition coefficient (Wildman–Crippen LogP) is 2.72. The van der Waals surface area contributed by atoms with Gasteiger partial charge in [0.25, 0.3) is 10.0 Å². The van der Waals surface area contributed by atoms with Crippen LogP contribution in [0.1, 0.15) is 0 Å². The van der Waals surface area contributed by atoms with Crippen molar-refractivity contribution in [3.63, 3.8) is 0 Å². The van der Waals surface area contributed by atoms with E-state index in [1.54, 1.807) is 18.2 Å². The third-order valence-corrected chi connectivity index (χ3v) is 4.58. The van der Waals surface area contributed by atoms with E-state index in [9.17, 15) is 8.42 Å². The van der Waals surface area contributed by atoms with E-state index < -0.39 is 10.0 Å². The average molecular weight is 410 g/mol. The molecule has 0 unspecified atom stereocenters. The summed E-state index contributed by atoms with van der Waals surface area (Å²) in [5, 5.41) is 0.332. The minimum Gasteiger partial charge on any atom is -0.384 e. The van der Waals surface area contributed by atoms with Crippen LogP contribution in [0.4, 0.5) is 11.5 Å². The number of sulfonamides is 1. The molecule has 100 valence electrons. The van der Waals surface area contributed by atoms with Crippen molar-refractivity contribution in [2.75, 3.05) is 10.5 Å². The summed E-state index contributed by atoms with van der Waals surface area (Å²) < 4.78 is 27.5. The van der Waals surface area contributed by atoms with E-state index in [1.165, 1.54) is 18.3 Å². The molecular weight excluding hydrogens is 401 g/mol. The second-order valence-corrected chi connectivity index (χ2v) is 6.98. The first kappa shape index (κ1) is 14.4. The Morgan fingerprint density at radius 3 is 2.58 bits per heavy atom. The van der Waals surface area contributed by atoms with Gasteiger partial charge in [-0.15, -0.1) is 0 Å². The van der Waals surface area contributed by atoms with Gasteiger partial charge in [-0.1, -0.05) is 11.6 Å². The molecule has 19 heavy (non-hydrogen) atoms. The first-order valence-corrected chi connectivity index (χ1v) is 8.02. The lowest BCUT2D eigenvalue weighted by molar-refractivity contribution is 0.601. The summed E-state index contributed by atoms with van der Waals surface area (Å²) in [4.78, 5) is 3.77. The van der Waals surface area contributed by atoms with E-state index in [2.05, 4.69) is 32.3 Å². The Bertz CT molecular complexity index is 704. The lowest BCUT2D eigenvalue weighted by Gasteiger charge is -2.09. The lowest BCUT2D eigenvalue weighted by atomic mass is 10.3. The standard InChI is InChI=1S/C11H9ClIN3O2S/c12-9-5-7(13)1-3-10(9)16-19(17,18)8-2-4-11(14)15-6-8/h1-6,16H,(H2,14,15). The highest BCUT2D eigenvalue weighted by atomic mass is 127. The summed E-state index contributed by atoms with van der Waals surface area (Å²) in [7, 11) is -3.72. The monoisotopic (exact) mass is 409 g/mol. The maximum Gasteiger partial charge on any atom is 0.263 e. The number of pyridine rings is 1. The van der Waals surface area contributed by atoms with Crippen molar-refractivity contribution in [1.29, 1.82) is 0 Å². The molecule has 0 aliphatic heterocycles. The van der Waals surface area contributed by atoms with Crippen molar-refractivity contribution in [1.82, 2.24) is 4.98 Å². The van der Waals surface area contributed by atoms with Crippen LogP contribution in [0.2, 0.25) is 5.02 Å². The minimum absolute atomic E-state index is 0.0244. The second-order valence-electron chi connectivity index (χ2n) is 3.65. The van der Waals surface area contributed by atoms with Gasteiger partial charge >= 0.3 is 0 Å². The molecule has 3 N–H and O–H groups in total. The van der Waals surface area contributed by atoms with Crippen LogP contribution in [0.3, 0.4) is 0 Å². The molecule has 0 saturated heterocycles. The van der Waals surface area contributed by atoms with Gasteiger partial charge in [-0.05, 0) is 52.9 Å². The van der Waals surface area contributed by atoms with E-state index >= 15 is 0 Å². The molecule has 1 heterocycles. The van der Waals surface area contributed by atoms with Crippen LogP contribution in [0.15, 0.2) is 41.4 Å². The maximum atomic E-state index is 12.1. The molecule has 5 nitrogen and oxygen atoms in total. The number of nitrogens with zero attached hydrogens (tertiary/aromatic N) is 1. The normalized spacial score (nSPS) is 11.3. The highest BCUT2D eigenvalue weighted by Crippen LogP contribution is 2.26. The minimum atomic E-state index is -3.72. The van der Waals surface area contributed by atoms with Crippen molar-refractivity contribution >= 4 is 55.7 Å². The molecule has 0 aliphatic rings. The highest BCUT2D eigenvalue weighted by Gasteiger charge is 2.16. The molecule has 0 radical (unpaired) electrons. The number of benzene rings is 1. The Hall–Kier alpha value is -1.06. The number of nitrogen functional groups attached to an aromatic ring is 1. The van der Waals surface area contributed by atoms with Crippen LogP contribution in [-0.2, 0) is 10.0 Å². The van der Waals surface area contributed by atoms with Crippen LogP contribution in [0.25, 0.3) is 0 Å². The van der Waals surface area contributed by atoms with Gasteiger partial charge in [0.2, 0.25) is 0 Å². The number of rotatable bonds is 3. The maximum absolute atomic E-state index is 12.1. The molecule has 8 heteroatoms. The Balaban J connectivity index is 2.33. The SMILES string of the molecule is Nc1ccc(S(=O)(=O)Nc2ccc(I)cc2Cl)cn1. The summed E-state index contributed by atoms with van der Waals surface area (Å²) in [6.07, 6.45) is 1.19. The Kier molecular flexibility index (Phi) is 4.16. The highest BCUT2D eigenvalue weighted by molar-refractivity contribution is 14.1. The fraction of sp³-hybridized carbons (Fsp3) is 0. The molecule has 1 aromatic carbocycles. The number of aromatic nitrogens is 1. The fourth-order valence-corrected chi connectivity index (χ4v) is 3.31. The van der Waals surface area contributed by atoms with E-state index in [0.29, 0.717) is 10.7 Å². The molecule has 0 aliphatic carbocycles. The van der Waals surface area contributed by atoms with E-state index in [-0.39, 0.29) is 10.7 Å². The lowest BCUT2D eigenvalue weighted by Crippen LogP contribution is -2.13. The van der Waals surface area contributed by atoms with Gasteiger partial charge in [0.15, 0.2) is 0 Å². The van der Waals surface area contributed by atoms with E-state index in [0.717, 1.165) is 3.57 Å². The average Bonchev–Trinajstić information content (AvgIpc) is 2.33. The van der Waals surface area contributed by atoms with Crippen LogP contribution in [0, 0.1) is 3.57 Å². The molecular formula is C11H9ClIN3O2S. The van der Waals surface area contributed by atoms with Crippen molar-refractivity contribution in [2.24, 2.45) is 0 Å². The zero-order chi connectivity index (χ0) is 14.0. The fourth-order valence-electron chi connectivity index (χ4n) is 1.33.